The average Bonchev–Trinajstić information content (AvgIpc) is 2.72. The minimum atomic E-state index is -0.970. The van der Waals surface area contributed by atoms with E-state index in [1.54, 1.807) is 0 Å². The van der Waals surface area contributed by atoms with Crippen LogP contribution in [-0.4, -0.2) is 36.2 Å². The van der Waals surface area contributed by atoms with Gasteiger partial charge in [0.05, 0.1) is 6.61 Å². The van der Waals surface area contributed by atoms with Crippen molar-refractivity contribution in [3.8, 4) is 5.75 Å². The Labute approximate surface area is 157 Å². The van der Waals surface area contributed by atoms with Crippen LogP contribution >= 0.6 is 0 Å². The molecule has 2 aromatic rings. The molecule has 2 aromatic carbocycles. The number of hydrogen-bond donors (Lipinski definition) is 1. The maximum atomic E-state index is 11.7. The fraction of sp³-hybridized carbons (Fsp3) is 0.478. The minimum absolute atomic E-state index is 0.701. The van der Waals surface area contributed by atoms with Gasteiger partial charge in [-0.25, -0.2) is 0 Å². The lowest BCUT2D eigenvalue weighted by Gasteiger charge is -2.34. The molecule has 1 aliphatic heterocycles. The van der Waals surface area contributed by atoms with Gasteiger partial charge in [-0.15, -0.1) is 0 Å². The van der Waals surface area contributed by atoms with Crippen LogP contribution in [0.3, 0.4) is 0 Å². The molecule has 1 unspecified atom stereocenters. The van der Waals surface area contributed by atoms with Crippen molar-refractivity contribution in [2.75, 3.05) is 26.2 Å². The van der Waals surface area contributed by atoms with Crippen molar-refractivity contribution in [3.63, 3.8) is 0 Å². The molecule has 0 spiro atoms. The Kier molecular flexibility index (Phi) is 6.70. The van der Waals surface area contributed by atoms with E-state index in [0.717, 1.165) is 49.5 Å². The third-order valence-corrected chi connectivity index (χ3v) is 5.29. The molecule has 3 nitrogen and oxygen atoms in total. The van der Waals surface area contributed by atoms with Gasteiger partial charge in [0.2, 0.25) is 0 Å². The largest absolute Gasteiger partial charge is 0.494 e. The monoisotopic (exact) mass is 353 g/mol. The second kappa shape index (κ2) is 9.20. The Bertz CT molecular complexity index is 650. The van der Waals surface area contributed by atoms with Gasteiger partial charge in [-0.1, -0.05) is 55.8 Å². The standard InChI is InChI=1S/C23H31NO2/c1-2-19-26-22-13-11-21(12-14-22)23(25,20-9-5-3-6-10-20)15-18-24-16-7-4-8-17-24/h3,5-6,9-14,25H,2,4,7-8,15-19H2,1H3. The summed E-state index contributed by atoms with van der Waals surface area (Å²) in [6.07, 6.45) is 5.57. The van der Waals surface area contributed by atoms with E-state index in [1.165, 1.54) is 19.3 Å². The van der Waals surface area contributed by atoms with Gasteiger partial charge < -0.3 is 14.7 Å². The maximum Gasteiger partial charge on any atom is 0.119 e. The highest BCUT2D eigenvalue weighted by Crippen LogP contribution is 2.34. The Hall–Kier alpha value is -1.84. The molecule has 0 radical (unpaired) electrons. The van der Waals surface area contributed by atoms with Gasteiger partial charge in [-0.3, -0.25) is 0 Å². The third-order valence-electron chi connectivity index (χ3n) is 5.29. The number of benzene rings is 2. The number of nitrogens with zero attached hydrogens (tertiary/aromatic N) is 1. The molecule has 3 heteroatoms. The summed E-state index contributed by atoms with van der Waals surface area (Å²) in [5, 5.41) is 11.7. The van der Waals surface area contributed by atoms with E-state index in [2.05, 4.69) is 11.8 Å². The van der Waals surface area contributed by atoms with Crippen LogP contribution < -0.4 is 4.74 Å². The summed E-state index contributed by atoms with van der Waals surface area (Å²) in [6, 6.07) is 18.0. The van der Waals surface area contributed by atoms with Gasteiger partial charge in [0.15, 0.2) is 0 Å². The molecular formula is C23H31NO2. The van der Waals surface area contributed by atoms with Crippen molar-refractivity contribution in [1.82, 2.24) is 4.90 Å². The lowest BCUT2D eigenvalue weighted by atomic mass is 9.83. The van der Waals surface area contributed by atoms with Crippen molar-refractivity contribution in [2.45, 2.75) is 44.6 Å². The molecule has 26 heavy (non-hydrogen) atoms. The van der Waals surface area contributed by atoms with Crippen LogP contribution in [0, 0.1) is 0 Å². The van der Waals surface area contributed by atoms with Crippen molar-refractivity contribution >= 4 is 0 Å². The molecule has 0 amide bonds. The van der Waals surface area contributed by atoms with Crippen molar-refractivity contribution in [2.24, 2.45) is 0 Å². The smallest absolute Gasteiger partial charge is 0.119 e. The molecule has 1 saturated heterocycles. The summed E-state index contributed by atoms with van der Waals surface area (Å²) in [5.74, 6) is 0.863. The minimum Gasteiger partial charge on any atom is -0.494 e. The van der Waals surface area contributed by atoms with Gasteiger partial charge in [0.25, 0.3) is 0 Å². The molecule has 1 atom stereocenters. The molecule has 1 fully saturated rings. The summed E-state index contributed by atoms with van der Waals surface area (Å²) < 4.78 is 5.69. The van der Waals surface area contributed by atoms with Crippen LogP contribution in [0.5, 0.6) is 5.75 Å². The van der Waals surface area contributed by atoms with Crippen molar-refractivity contribution in [1.29, 1.82) is 0 Å². The number of aliphatic hydroxyl groups is 1. The first-order valence-corrected chi connectivity index (χ1v) is 9.96. The average molecular weight is 354 g/mol. The van der Waals surface area contributed by atoms with Crippen LogP contribution in [-0.2, 0) is 5.60 Å². The Balaban J connectivity index is 1.80. The number of hydrogen-bond acceptors (Lipinski definition) is 3. The van der Waals surface area contributed by atoms with Crippen LogP contribution in [0.2, 0.25) is 0 Å². The zero-order valence-electron chi connectivity index (χ0n) is 15.9. The summed E-state index contributed by atoms with van der Waals surface area (Å²) in [6.45, 7) is 6.03. The number of rotatable bonds is 8. The second-order valence-corrected chi connectivity index (χ2v) is 7.25. The number of ether oxygens (including phenoxy) is 1. The maximum absolute atomic E-state index is 11.7. The first kappa shape index (κ1) is 18.9. The van der Waals surface area contributed by atoms with Crippen molar-refractivity contribution < 1.29 is 9.84 Å². The molecule has 0 bridgehead atoms. The molecule has 1 heterocycles. The van der Waals surface area contributed by atoms with Crippen LogP contribution in [0.25, 0.3) is 0 Å². The SMILES string of the molecule is CCCOc1ccc(C(O)(CCN2CCCCC2)c2ccccc2)cc1. The Morgan fingerprint density at radius 1 is 0.923 bits per heavy atom. The van der Waals surface area contributed by atoms with E-state index in [-0.39, 0.29) is 0 Å². The summed E-state index contributed by atoms with van der Waals surface area (Å²) in [7, 11) is 0. The lowest BCUT2D eigenvalue weighted by molar-refractivity contribution is 0.0545. The molecule has 1 aliphatic rings. The van der Waals surface area contributed by atoms with E-state index >= 15 is 0 Å². The van der Waals surface area contributed by atoms with Gasteiger partial charge in [0.1, 0.15) is 11.4 Å². The molecular weight excluding hydrogens is 322 g/mol. The molecule has 0 aliphatic carbocycles. The molecule has 0 saturated carbocycles. The van der Waals surface area contributed by atoms with E-state index < -0.39 is 5.60 Å². The molecule has 0 aromatic heterocycles. The summed E-state index contributed by atoms with van der Waals surface area (Å²) >= 11 is 0. The van der Waals surface area contributed by atoms with Crippen LogP contribution in [0.15, 0.2) is 54.6 Å². The predicted molar refractivity (Wildman–Crippen MR) is 107 cm³/mol. The normalized spacial score (nSPS) is 17.6. The fourth-order valence-electron chi connectivity index (χ4n) is 3.72. The number of likely N-dealkylation sites (tertiary alicyclic amines) is 1. The Morgan fingerprint density at radius 3 is 2.23 bits per heavy atom. The topological polar surface area (TPSA) is 32.7 Å². The highest BCUT2D eigenvalue weighted by atomic mass is 16.5. The van der Waals surface area contributed by atoms with Gasteiger partial charge in [0, 0.05) is 6.54 Å². The van der Waals surface area contributed by atoms with Crippen LogP contribution in [0.1, 0.15) is 50.2 Å². The van der Waals surface area contributed by atoms with Gasteiger partial charge >= 0.3 is 0 Å². The quantitative estimate of drug-likeness (QED) is 0.753. The first-order chi connectivity index (χ1) is 12.7. The third kappa shape index (κ3) is 4.66. The molecule has 3 rings (SSSR count). The summed E-state index contributed by atoms with van der Waals surface area (Å²) in [4.78, 5) is 2.48. The Morgan fingerprint density at radius 2 is 1.58 bits per heavy atom. The molecule has 140 valence electrons. The second-order valence-electron chi connectivity index (χ2n) is 7.25. The van der Waals surface area contributed by atoms with E-state index in [4.69, 9.17) is 4.74 Å². The zero-order chi connectivity index (χ0) is 18.2. The summed E-state index contributed by atoms with van der Waals surface area (Å²) in [5.41, 5.74) is 0.922. The van der Waals surface area contributed by atoms with Gasteiger partial charge in [-0.2, -0.15) is 0 Å². The van der Waals surface area contributed by atoms with Gasteiger partial charge in [-0.05, 0) is 62.0 Å². The van der Waals surface area contributed by atoms with Crippen molar-refractivity contribution in [3.05, 3.63) is 65.7 Å². The van der Waals surface area contributed by atoms with E-state index in [1.807, 2.05) is 54.6 Å². The van der Waals surface area contributed by atoms with Crippen LogP contribution in [0.4, 0.5) is 0 Å². The highest BCUT2D eigenvalue weighted by molar-refractivity contribution is 5.38. The van der Waals surface area contributed by atoms with E-state index in [9.17, 15) is 5.11 Å². The number of piperidine rings is 1. The predicted octanol–water partition coefficient (Wildman–Crippen LogP) is 4.59. The zero-order valence-corrected chi connectivity index (χ0v) is 15.9. The highest BCUT2D eigenvalue weighted by Gasteiger charge is 2.32. The lowest BCUT2D eigenvalue weighted by Crippen LogP contribution is -2.36. The fourth-order valence-corrected chi connectivity index (χ4v) is 3.72. The first-order valence-electron chi connectivity index (χ1n) is 9.96. The van der Waals surface area contributed by atoms with E-state index in [0.29, 0.717) is 6.42 Å². The molecule has 1 N–H and O–H groups in total.